The van der Waals surface area contributed by atoms with Gasteiger partial charge in [-0.25, -0.2) is 4.98 Å². The highest BCUT2D eigenvalue weighted by molar-refractivity contribution is 5.79. The molecule has 2 aromatic heterocycles. The number of anilines is 1. The van der Waals surface area contributed by atoms with E-state index in [4.69, 9.17) is 0 Å². The Labute approximate surface area is 96.5 Å². The van der Waals surface area contributed by atoms with Crippen LogP contribution in [0.1, 0.15) is 26.3 Å². The van der Waals surface area contributed by atoms with Gasteiger partial charge in [0.1, 0.15) is 11.5 Å². The summed E-state index contributed by atoms with van der Waals surface area (Å²) in [5.41, 5.74) is 2.35. The Hall–Kier alpha value is -1.51. The van der Waals surface area contributed by atoms with Crippen molar-refractivity contribution < 1.29 is 0 Å². The minimum absolute atomic E-state index is 0.109. The molecule has 0 spiro atoms. The van der Waals surface area contributed by atoms with Crippen LogP contribution in [0.15, 0.2) is 18.3 Å². The Morgan fingerprint density at radius 2 is 1.94 bits per heavy atom. The van der Waals surface area contributed by atoms with E-state index in [1.165, 1.54) is 10.9 Å². The summed E-state index contributed by atoms with van der Waals surface area (Å²) in [7, 11) is 4.07. The topological polar surface area (TPSA) is 31.9 Å². The molecule has 1 N–H and O–H groups in total. The molecule has 0 aliphatic carbocycles. The maximum atomic E-state index is 4.67. The Morgan fingerprint density at radius 1 is 1.25 bits per heavy atom. The maximum absolute atomic E-state index is 4.67. The second kappa shape index (κ2) is 3.51. The zero-order valence-electron chi connectivity index (χ0n) is 10.6. The van der Waals surface area contributed by atoms with Gasteiger partial charge in [-0.15, -0.1) is 0 Å². The van der Waals surface area contributed by atoms with E-state index in [1.54, 1.807) is 0 Å². The lowest BCUT2D eigenvalue weighted by Gasteiger charge is -2.25. The van der Waals surface area contributed by atoms with Crippen LogP contribution in [0, 0.1) is 0 Å². The summed E-state index contributed by atoms with van der Waals surface area (Å²) in [4.78, 5) is 9.90. The number of nitrogens with one attached hydrogen (secondary N) is 1. The number of fused-ring (bicyclic) bond motifs is 1. The van der Waals surface area contributed by atoms with Gasteiger partial charge in [0, 0.05) is 31.2 Å². The Morgan fingerprint density at radius 3 is 2.50 bits per heavy atom. The van der Waals surface area contributed by atoms with E-state index in [9.17, 15) is 0 Å². The van der Waals surface area contributed by atoms with Crippen LogP contribution in [0.5, 0.6) is 0 Å². The van der Waals surface area contributed by atoms with Gasteiger partial charge >= 0.3 is 0 Å². The van der Waals surface area contributed by atoms with E-state index in [2.05, 4.69) is 47.8 Å². The van der Waals surface area contributed by atoms with E-state index >= 15 is 0 Å². The summed E-state index contributed by atoms with van der Waals surface area (Å²) in [6.45, 7) is 6.65. The van der Waals surface area contributed by atoms with Crippen LogP contribution in [0.2, 0.25) is 0 Å². The minimum atomic E-state index is 0.109. The van der Waals surface area contributed by atoms with Crippen molar-refractivity contribution in [3.8, 4) is 0 Å². The van der Waals surface area contributed by atoms with Gasteiger partial charge in [0.25, 0.3) is 0 Å². The third-order valence-corrected chi connectivity index (χ3v) is 2.75. The van der Waals surface area contributed by atoms with Gasteiger partial charge in [-0.1, -0.05) is 20.8 Å². The van der Waals surface area contributed by atoms with E-state index in [1.807, 2.05) is 20.3 Å². The van der Waals surface area contributed by atoms with Crippen LogP contribution in [-0.4, -0.2) is 24.1 Å². The molecule has 0 atom stereocenters. The number of hydrogen-bond donors (Lipinski definition) is 1. The van der Waals surface area contributed by atoms with Gasteiger partial charge in [-0.05, 0) is 17.5 Å². The van der Waals surface area contributed by atoms with Gasteiger partial charge in [-0.2, -0.15) is 0 Å². The molecule has 0 unspecified atom stereocenters. The lowest BCUT2D eigenvalue weighted by Crippen LogP contribution is -2.20. The van der Waals surface area contributed by atoms with Crippen molar-refractivity contribution in [1.82, 2.24) is 9.97 Å². The van der Waals surface area contributed by atoms with Crippen molar-refractivity contribution >= 4 is 16.9 Å². The highest BCUT2D eigenvalue weighted by atomic mass is 15.1. The molecule has 0 saturated carbocycles. The first-order valence-electron chi connectivity index (χ1n) is 5.55. The maximum Gasteiger partial charge on any atom is 0.139 e. The lowest BCUT2D eigenvalue weighted by atomic mass is 9.86. The molecule has 0 fully saturated rings. The van der Waals surface area contributed by atoms with Crippen molar-refractivity contribution in [3.05, 3.63) is 23.9 Å². The molecule has 0 amide bonds. The summed E-state index contributed by atoms with van der Waals surface area (Å²) in [6, 6.07) is 4.30. The predicted molar refractivity (Wildman–Crippen MR) is 69.1 cm³/mol. The normalized spacial score (nSPS) is 12.1. The molecule has 16 heavy (non-hydrogen) atoms. The molecule has 0 bridgehead atoms. The molecule has 0 saturated heterocycles. The summed E-state index contributed by atoms with van der Waals surface area (Å²) in [5, 5.41) is 1.18. The highest BCUT2D eigenvalue weighted by Gasteiger charge is 2.21. The van der Waals surface area contributed by atoms with Gasteiger partial charge in [0.05, 0.1) is 0 Å². The molecule has 2 heterocycles. The van der Waals surface area contributed by atoms with Gasteiger partial charge in [0.15, 0.2) is 0 Å². The first-order chi connectivity index (χ1) is 7.39. The van der Waals surface area contributed by atoms with Crippen LogP contribution >= 0.6 is 0 Å². The van der Waals surface area contributed by atoms with Gasteiger partial charge in [0.2, 0.25) is 0 Å². The van der Waals surface area contributed by atoms with Crippen LogP contribution in [0.3, 0.4) is 0 Å². The summed E-state index contributed by atoms with van der Waals surface area (Å²) >= 11 is 0. The average molecular weight is 217 g/mol. The molecular weight excluding hydrogens is 198 g/mol. The van der Waals surface area contributed by atoms with Crippen LogP contribution in [0.25, 0.3) is 11.0 Å². The molecule has 0 aliphatic heterocycles. The Bertz CT molecular complexity index is 503. The largest absolute Gasteiger partial charge is 0.362 e. The van der Waals surface area contributed by atoms with Crippen LogP contribution in [-0.2, 0) is 5.41 Å². The number of aromatic nitrogens is 2. The highest BCUT2D eigenvalue weighted by Crippen LogP contribution is 2.32. The summed E-state index contributed by atoms with van der Waals surface area (Å²) in [5.74, 6) is 1.04. The van der Waals surface area contributed by atoms with Crippen molar-refractivity contribution in [2.24, 2.45) is 0 Å². The molecule has 3 heteroatoms. The summed E-state index contributed by atoms with van der Waals surface area (Å²) < 4.78 is 0. The smallest absolute Gasteiger partial charge is 0.139 e. The fraction of sp³-hybridized carbons (Fsp3) is 0.462. The number of pyridine rings is 1. The minimum Gasteiger partial charge on any atom is -0.362 e. The van der Waals surface area contributed by atoms with Crippen LogP contribution < -0.4 is 4.90 Å². The zero-order chi connectivity index (χ0) is 11.9. The third-order valence-electron chi connectivity index (χ3n) is 2.75. The van der Waals surface area contributed by atoms with Crippen molar-refractivity contribution in [2.45, 2.75) is 26.2 Å². The quantitative estimate of drug-likeness (QED) is 0.796. The van der Waals surface area contributed by atoms with Crippen LogP contribution in [0.4, 0.5) is 5.82 Å². The first kappa shape index (κ1) is 11.0. The standard InChI is InChI=1S/C13H19N3/c1-13(2,3)10-8-9-6-7-14-11(9)15-12(10)16(4)5/h6-8H,1-5H3,(H,14,15). The van der Waals surface area contributed by atoms with Crippen molar-refractivity contribution in [3.63, 3.8) is 0 Å². The fourth-order valence-electron chi connectivity index (χ4n) is 1.86. The van der Waals surface area contributed by atoms with E-state index in [0.717, 1.165) is 11.5 Å². The first-order valence-corrected chi connectivity index (χ1v) is 5.55. The average Bonchev–Trinajstić information content (AvgIpc) is 2.60. The molecule has 86 valence electrons. The molecular formula is C13H19N3. The van der Waals surface area contributed by atoms with Crippen molar-refractivity contribution in [2.75, 3.05) is 19.0 Å². The molecule has 3 nitrogen and oxygen atoms in total. The number of H-pyrrole nitrogens is 1. The molecule has 2 aromatic rings. The monoisotopic (exact) mass is 217 g/mol. The molecule has 2 rings (SSSR count). The van der Waals surface area contributed by atoms with Gasteiger partial charge in [-0.3, -0.25) is 0 Å². The van der Waals surface area contributed by atoms with E-state index in [0.29, 0.717) is 0 Å². The van der Waals surface area contributed by atoms with Gasteiger partial charge < -0.3 is 9.88 Å². The summed E-state index contributed by atoms with van der Waals surface area (Å²) in [6.07, 6.45) is 1.93. The number of rotatable bonds is 1. The molecule has 0 radical (unpaired) electrons. The number of nitrogens with zero attached hydrogens (tertiary/aromatic N) is 2. The third kappa shape index (κ3) is 1.77. The predicted octanol–water partition coefficient (Wildman–Crippen LogP) is 2.93. The molecule has 0 aliphatic rings. The van der Waals surface area contributed by atoms with E-state index in [-0.39, 0.29) is 5.41 Å². The second-order valence-corrected chi connectivity index (χ2v) is 5.42. The molecule has 0 aromatic carbocycles. The van der Waals surface area contributed by atoms with E-state index < -0.39 is 0 Å². The zero-order valence-corrected chi connectivity index (χ0v) is 10.6. The number of aromatic amines is 1. The fourth-order valence-corrected chi connectivity index (χ4v) is 1.86. The lowest BCUT2D eigenvalue weighted by molar-refractivity contribution is 0.588. The van der Waals surface area contributed by atoms with Crippen molar-refractivity contribution in [1.29, 1.82) is 0 Å². The second-order valence-electron chi connectivity index (χ2n) is 5.42. The Balaban J connectivity index is 2.72. The SMILES string of the molecule is CN(C)c1nc2[nH]ccc2cc1C(C)(C)C. The number of hydrogen-bond acceptors (Lipinski definition) is 2. The Kier molecular flexibility index (Phi) is 2.41.